The number of rotatable bonds is 7. The molecule has 1 heterocycles. The number of nitrogens with one attached hydrogen (secondary N) is 1. The summed E-state index contributed by atoms with van der Waals surface area (Å²) in [4.78, 5) is 28.4. The zero-order valence-electron chi connectivity index (χ0n) is 16.4. The molecule has 3 rings (SSSR count). The first kappa shape index (κ1) is 20.6. The molecule has 1 aliphatic heterocycles. The van der Waals surface area contributed by atoms with Gasteiger partial charge in [0.1, 0.15) is 23.8 Å². The molecule has 1 aliphatic rings. The highest BCUT2D eigenvalue weighted by Gasteiger charge is 2.32. The number of benzene rings is 2. The lowest BCUT2D eigenvalue weighted by Gasteiger charge is -2.21. The fourth-order valence-corrected chi connectivity index (χ4v) is 3.27. The van der Waals surface area contributed by atoms with Gasteiger partial charge >= 0.3 is 6.03 Å². The molecule has 0 atom stereocenters. The molecule has 1 N–H and O–H groups in total. The number of nitrogens with zero attached hydrogens (tertiary/aromatic N) is 2. The van der Waals surface area contributed by atoms with Gasteiger partial charge in [-0.05, 0) is 30.3 Å². The van der Waals surface area contributed by atoms with Crippen LogP contribution in [0.3, 0.4) is 0 Å². The number of anilines is 2. The molecule has 1 fully saturated rings. The van der Waals surface area contributed by atoms with Crippen molar-refractivity contribution < 1.29 is 23.8 Å². The van der Waals surface area contributed by atoms with Crippen LogP contribution in [0.25, 0.3) is 0 Å². The predicted molar refractivity (Wildman–Crippen MR) is 110 cm³/mol. The maximum atomic E-state index is 12.9. The predicted octanol–water partition coefficient (Wildman–Crippen LogP) is 3.25. The van der Waals surface area contributed by atoms with E-state index in [9.17, 15) is 9.59 Å². The van der Waals surface area contributed by atoms with E-state index in [0.717, 1.165) is 0 Å². The van der Waals surface area contributed by atoms with Crippen molar-refractivity contribution in [2.75, 3.05) is 51.2 Å². The number of ether oxygens (including phenoxy) is 3. The van der Waals surface area contributed by atoms with Crippen LogP contribution in [0.15, 0.2) is 36.4 Å². The Morgan fingerprint density at radius 2 is 1.76 bits per heavy atom. The van der Waals surface area contributed by atoms with Crippen molar-refractivity contribution in [2.24, 2.45) is 0 Å². The number of urea groups is 1. The lowest BCUT2D eigenvalue weighted by atomic mass is 10.2. The molecule has 0 aliphatic carbocycles. The minimum atomic E-state index is -0.349. The third kappa shape index (κ3) is 4.48. The summed E-state index contributed by atoms with van der Waals surface area (Å²) in [5.74, 6) is 1.29. The van der Waals surface area contributed by atoms with Crippen LogP contribution in [0.4, 0.5) is 16.2 Å². The average Bonchev–Trinajstić information content (AvgIpc) is 3.07. The molecule has 0 spiro atoms. The van der Waals surface area contributed by atoms with E-state index >= 15 is 0 Å². The summed E-state index contributed by atoms with van der Waals surface area (Å²) in [6.45, 7) is 0.729. The fraction of sp³-hybridized carbons (Fsp3) is 0.300. The second-order valence-corrected chi connectivity index (χ2v) is 6.72. The van der Waals surface area contributed by atoms with Crippen LogP contribution in [0.5, 0.6) is 17.2 Å². The summed E-state index contributed by atoms with van der Waals surface area (Å²) in [7, 11) is 4.59. The van der Waals surface area contributed by atoms with Crippen LogP contribution in [0.1, 0.15) is 0 Å². The second kappa shape index (κ2) is 8.91. The maximum Gasteiger partial charge on any atom is 0.325 e. The molecule has 0 saturated carbocycles. The fourth-order valence-electron chi connectivity index (χ4n) is 3.10. The summed E-state index contributed by atoms with van der Waals surface area (Å²) in [6.07, 6.45) is 0. The topological polar surface area (TPSA) is 80.3 Å². The monoisotopic (exact) mass is 419 g/mol. The molecule has 2 aromatic carbocycles. The summed E-state index contributed by atoms with van der Waals surface area (Å²) in [5.41, 5.74) is 1.04. The van der Waals surface area contributed by atoms with Crippen molar-refractivity contribution in [2.45, 2.75) is 0 Å². The molecule has 9 heteroatoms. The highest BCUT2D eigenvalue weighted by molar-refractivity contribution is 6.31. The number of hydrogen-bond acceptors (Lipinski definition) is 5. The van der Waals surface area contributed by atoms with Crippen molar-refractivity contribution in [1.29, 1.82) is 0 Å². The first-order valence-electron chi connectivity index (χ1n) is 8.88. The van der Waals surface area contributed by atoms with Crippen molar-refractivity contribution in [3.63, 3.8) is 0 Å². The Balaban J connectivity index is 1.71. The standard InChI is InChI=1S/C20H22ClN3O5/c1-27-14-5-7-18(29-3)16(11-14)24-9-8-23(20(24)26)12-19(25)22-15-10-13(21)4-6-17(15)28-2/h4-7,10-11H,8-9,12H2,1-3H3,(H,22,25). The van der Waals surface area contributed by atoms with Crippen LogP contribution < -0.4 is 24.4 Å². The molecule has 0 unspecified atom stereocenters. The van der Waals surface area contributed by atoms with Gasteiger partial charge in [-0.1, -0.05) is 11.6 Å². The van der Waals surface area contributed by atoms with Gasteiger partial charge in [-0.2, -0.15) is 0 Å². The number of carbonyl (C=O) groups is 2. The Labute approximate surface area is 173 Å². The highest BCUT2D eigenvalue weighted by atomic mass is 35.5. The Morgan fingerprint density at radius 1 is 1.03 bits per heavy atom. The molecule has 3 amide bonds. The van der Waals surface area contributed by atoms with Crippen LogP contribution in [-0.4, -0.2) is 57.8 Å². The van der Waals surface area contributed by atoms with Gasteiger partial charge in [0.2, 0.25) is 5.91 Å². The van der Waals surface area contributed by atoms with E-state index in [-0.39, 0.29) is 18.5 Å². The normalized spacial score (nSPS) is 13.4. The molecular weight excluding hydrogens is 398 g/mol. The highest BCUT2D eigenvalue weighted by Crippen LogP contribution is 2.34. The van der Waals surface area contributed by atoms with Gasteiger partial charge in [-0.15, -0.1) is 0 Å². The molecule has 0 radical (unpaired) electrons. The van der Waals surface area contributed by atoms with Crippen LogP contribution in [0, 0.1) is 0 Å². The summed E-state index contributed by atoms with van der Waals surface area (Å²) < 4.78 is 15.8. The van der Waals surface area contributed by atoms with Gasteiger partial charge in [0.15, 0.2) is 0 Å². The van der Waals surface area contributed by atoms with E-state index in [1.165, 1.54) is 19.1 Å². The summed E-state index contributed by atoms with van der Waals surface area (Å²) in [6, 6.07) is 9.86. The Kier molecular flexibility index (Phi) is 6.33. The minimum absolute atomic E-state index is 0.0999. The number of methoxy groups -OCH3 is 3. The van der Waals surface area contributed by atoms with Crippen molar-refractivity contribution in [3.05, 3.63) is 41.4 Å². The van der Waals surface area contributed by atoms with E-state index in [1.54, 1.807) is 48.4 Å². The quantitative estimate of drug-likeness (QED) is 0.745. The third-order valence-electron chi connectivity index (χ3n) is 4.54. The first-order valence-corrected chi connectivity index (χ1v) is 9.26. The molecule has 1 saturated heterocycles. The SMILES string of the molecule is COc1ccc(OC)c(N2CCN(CC(=O)Nc3cc(Cl)ccc3OC)C2=O)c1. The Bertz CT molecular complexity index is 921. The number of halogens is 1. The molecule has 8 nitrogen and oxygen atoms in total. The molecule has 0 aromatic heterocycles. The van der Waals surface area contributed by atoms with Crippen LogP contribution in [-0.2, 0) is 4.79 Å². The van der Waals surface area contributed by atoms with Gasteiger partial charge in [0.25, 0.3) is 0 Å². The Hall–Kier alpha value is -3.13. The lowest BCUT2D eigenvalue weighted by molar-refractivity contribution is -0.116. The molecular formula is C20H22ClN3O5. The van der Waals surface area contributed by atoms with E-state index in [1.807, 2.05) is 0 Å². The van der Waals surface area contributed by atoms with Gasteiger partial charge in [0.05, 0.1) is 32.7 Å². The first-order chi connectivity index (χ1) is 14.0. The number of carbonyl (C=O) groups excluding carboxylic acids is 2. The van der Waals surface area contributed by atoms with Gasteiger partial charge in [-0.25, -0.2) is 4.79 Å². The van der Waals surface area contributed by atoms with Crippen LogP contribution >= 0.6 is 11.6 Å². The van der Waals surface area contributed by atoms with E-state index < -0.39 is 0 Å². The largest absolute Gasteiger partial charge is 0.497 e. The lowest BCUT2D eigenvalue weighted by Crippen LogP contribution is -2.37. The summed E-state index contributed by atoms with van der Waals surface area (Å²) >= 11 is 5.99. The molecule has 2 aromatic rings. The van der Waals surface area contributed by atoms with Crippen molar-refractivity contribution in [1.82, 2.24) is 4.90 Å². The van der Waals surface area contributed by atoms with Gasteiger partial charge < -0.3 is 24.4 Å². The molecule has 0 bridgehead atoms. The third-order valence-corrected chi connectivity index (χ3v) is 4.78. The molecule has 29 heavy (non-hydrogen) atoms. The number of hydrogen-bond donors (Lipinski definition) is 1. The van der Waals surface area contributed by atoms with Crippen LogP contribution in [0.2, 0.25) is 5.02 Å². The van der Waals surface area contributed by atoms with Gasteiger partial charge in [0, 0.05) is 24.2 Å². The number of amides is 3. The van der Waals surface area contributed by atoms with E-state index in [2.05, 4.69) is 5.32 Å². The second-order valence-electron chi connectivity index (χ2n) is 6.29. The van der Waals surface area contributed by atoms with Gasteiger partial charge in [-0.3, -0.25) is 9.69 Å². The zero-order valence-corrected chi connectivity index (χ0v) is 17.2. The average molecular weight is 420 g/mol. The van der Waals surface area contributed by atoms with E-state index in [0.29, 0.717) is 46.7 Å². The maximum absolute atomic E-state index is 12.9. The Morgan fingerprint density at radius 3 is 2.45 bits per heavy atom. The smallest absolute Gasteiger partial charge is 0.325 e. The van der Waals surface area contributed by atoms with Crippen molar-refractivity contribution in [3.8, 4) is 17.2 Å². The minimum Gasteiger partial charge on any atom is -0.497 e. The van der Waals surface area contributed by atoms with Crippen molar-refractivity contribution >= 4 is 34.9 Å². The summed E-state index contributed by atoms with van der Waals surface area (Å²) in [5, 5.41) is 3.21. The molecule has 154 valence electrons. The zero-order chi connectivity index (χ0) is 21.0. The van der Waals surface area contributed by atoms with E-state index in [4.69, 9.17) is 25.8 Å².